The first-order chi connectivity index (χ1) is 17.0. The molecule has 1 aliphatic rings. The Bertz CT molecular complexity index is 1560. The molecule has 0 aliphatic heterocycles. The zero-order valence-electron chi connectivity index (χ0n) is 18.2. The van der Waals surface area contributed by atoms with Crippen LogP contribution in [0.2, 0.25) is 0 Å². The number of hydrogen-bond acceptors (Lipinski definition) is 6. The highest BCUT2D eigenvalue weighted by Crippen LogP contribution is 2.41. The highest BCUT2D eigenvalue weighted by atomic mass is 19.1. The van der Waals surface area contributed by atoms with Crippen molar-refractivity contribution in [2.24, 2.45) is 0 Å². The summed E-state index contributed by atoms with van der Waals surface area (Å²) >= 11 is 0. The Kier molecular flexibility index (Phi) is 4.94. The minimum atomic E-state index is -0.743. The van der Waals surface area contributed by atoms with Crippen LogP contribution in [0.1, 0.15) is 29.2 Å². The van der Waals surface area contributed by atoms with E-state index in [0.29, 0.717) is 23.2 Å². The smallest absolute Gasteiger partial charge is 0.269 e. The summed E-state index contributed by atoms with van der Waals surface area (Å²) in [6.07, 6.45) is 6.77. The number of halogens is 2. The van der Waals surface area contributed by atoms with Gasteiger partial charge in [0.15, 0.2) is 11.5 Å². The molecule has 4 heterocycles. The molecular weight excluding hydrogens is 454 g/mol. The second-order valence-corrected chi connectivity index (χ2v) is 8.18. The molecule has 1 amide bonds. The molecule has 1 saturated carbocycles. The maximum atomic E-state index is 13.5. The van der Waals surface area contributed by atoms with Crippen LogP contribution < -0.4 is 10.9 Å². The van der Waals surface area contributed by atoms with E-state index in [9.17, 15) is 13.6 Å². The molecule has 0 bridgehead atoms. The number of hydrogen-bond donors (Lipinski definition) is 2. The third-order valence-corrected chi connectivity index (χ3v) is 5.71. The molecule has 0 radical (unpaired) electrons. The summed E-state index contributed by atoms with van der Waals surface area (Å²) in [6.45, 7) is 0. The van der Waals surface area contributed by atoms with Crippen molar-refractivity contribution in [2.75, 3.05) is 5.43 Å². The number of carbonyl (C=O) groups excluding carboxylic acids is 1. The van der Waals surface area contributed by atoms with Crippen molar-refractivity contribution in [3.63, 3.8) is 0 Å². The monoisotopic (exact) mass is 472 g/mol. The van der Waals surface area contributed by atoms with Gasteiger partial charge in [0.05, 0.1) is 23.9 Å². The molecule has 0 saturated heterocycles. The van der Waals surface area contributed by atoms with Gasteiger partial charge in [-0.2, -0.15) is 9.49 Å². The fourth-order valence-corrected chi connectivity index (χ4v) is 3.87. The van der Waals surface area contributed by atoms with Crippen molar-refractivity contribution in [1.82, 2.24) is 34.6 Å². The van der Waals surface area contributed by atoms with Crippen LogP contribution in [0, 0.1) is 11.8 Å². The van der Waals surface area contributed by atoms with Crippen molar-refractivity contribution < 1.29 is 13.6 Å². The van der Waals surface area contributed by atoms with E-state index in [1.54, 1.807) is 29.2 Å². The molecule has 6 rings (SSSR count). The van der Waals surface area contributed by atoms with E-state index in [1.165, 1.54) is 24.4 Å². The van der Waals surface area contributed by atoms with Gasteiger partial charge in [-0.25, -0.2) is 23.9 Å². The van der Waals surface area contributed by atoms with E-state index in [4.69, 9.17) is 5.10 Å². The highest BCUT2D eigenvalue weighted by Gasteiger charge is 2.29. The van der Waals surface area contributed by atoms with Crippen LogP contribution in [0.4, 0.5) is 14.6 Å². The van der Waals surface area contributed by atoms with Gasteiger partial charge in [-0.3, -0.25) is 15.6 Å². The molecule has 174 valence electrons. The molecule has 0 spiro atoms. The summed E-state index contributed by atoms with van der Waals surface area (Å²) in [4.78, 5) is 24.7. The Balaban J connectivity index is 1.30. The number of carbonyl (C=O) groups is 1. The van der Waals surface area contributed by atoms with Crippen molar-refractivity contribution in [3.05, 3.63) is 84.6 Å². The third-order valence-electron chi connectivity index (χ3n) is 5.71. The van der Waals surface area contributed by atoms with Crippen molar-refractivity contribution in [1.29, 1.82) is 0 Å². The van der Waals surface area contributed by atoms with Crippen LogP contribution in [0.3, 0.4) is 0 Å². The molecular formula is C24H18F2N8O. The van der Waals surface area contributed by atoms with Crippen LogP contribution in [0.25, 0.3) is 28.3 Å². The third kappa shape index (κ3) is 4.07. The van der Waals surface area contributed by atoms with E-state index in [0.717, 1.165) is 35.9 Å². The summed E-state index contributed by atoms with van der Waals surface area (Å²) in [5.41, 5.74) is 8.93. The van der Waals surface area contributed by atoms with Crippen LogP contribution >= 0.6 is 0 Å². The van der Waals surface area contributed by atoms with Gasteiger partial charge in [-0.05, 0) is 55.3 Å². The molecule has 11 heteroatoms. The van der Waals surface area contributed by atoms with Crippen molar-refractivity contribution in [3.8, 4) is 22.6 Å². The van der Waals surface area contributed by atoms with Gasteiger partial charge >= 0.3 is 0 Å². The van der Waals surface area contributed by atoms with Crippen LogP contribution in [-0.2, 0) is 0 Å². The van der Waals surface area contributed by atoms with Gasteiger partial charge in [0.2, 0.25) is 5.95 Å². The minimum Gasteiger partial charge on any atom is -0.326 e. The quantitative estimate of drug-likeness (QED) is 0.286. The standard InChI is InChI=1S/C24H18F2N8O/c25-16-3-1-14(2-4-16)22-23(33(13-28-22)17-5-6-17)18-7-8-21-29-20(12-34(21)32-18)30-31-24(35)15-9-10-27-19(26)11-15/h1-4,7-13,17,30H,5-6H2,(H,31,35). The number of amides is 1. The zero-order chi connectivity index (χ0) is 23.9. The number of pyridine rings is 1. The lowest BCUT2D eigenvalue weighted by molar-refractivity contribution is 0.0962. The van der Waals surface area contributed by atoms with E-state index in [2.05, 4.69) is 30.4 Å². The zero-order valence-corrected chi connectivity index (χ0v) is 18.2. The molecule has 1 aliphatic carbocycles. The Labute approximate surface area is 197 Å². The first kappa shape index (κ1) is 20.9. The van der Waals surface area contributed by atoms with Gasteiger partial charge in [-0.1, -0.05) is 0 Å². The van der Waals surface area contributed by atoms with Crippen LogP contribution in [-0.4, -0.2) is 35.0 Å². The average molecular weight is 472 g/mol. The molecule has 5 aromatic rings. The Morgan fingerprint density at radius 1 is 1.03 bits per heavy atom. The summed E-state index contributed by atoms with van der Waals surface area (Å²) in [5.74, 6) is -1.23. The largest absolute Gasteiger partial charge is 0.326 e. The molecule has 0 atom stereocenters. The summed E-state index contributed by atoms with van der Waals surface area (Å²) < 4.78 is 30.4. The first-order valence-corrected chi connectivity index (χ1v) is 10.9. The van der Waals surface area contributed by atoms with Gasteiger partial charge in [-0.15, -0.1) is 0 Å². The first-order valence-electron chi connectivity index (χ1n) is 10.9. The number of rotatable bonds is 6. The van der Waals surface area contributed by atoms with E-state index < -0.39 is 11.9 Å². The van der Waals surface area contributed by atoms with Gasteiger partial charge in [0.1, 0.15) is 11.5 Å². The minimum absolute atomic E-state index is 0.121. The lowest BCUT2D eigenvalue weighted by Gasteiger charge is -2.09. The Hall–Kier alpha value is -4.67. The number of anilines is 1. The van der Waals surface area contributed by atoms with E-state index in [1.807, 2.05) is 12.1 Å². The van der Waals surface area contributed by atoms with Gasteiger partial charge in [0.25, 0.3) is 5.91 Å². The maximum Gasteiger partial charge on any atom is 0.269 e. The predicted molar refractivity (Wildman–Crippen MR) is 123 cm³/mol. The number of imidazole rings is 2. The lowest BCUT2D eigenvalue weighted by atomic mass is 10.1. The molecule has 2 N–H and O–H groups in total. The number of aromatic nitrogens is 6. The van der Waals surface area contributed by atoms with Crippen molar-refractivity contribution >= 4 is 17.4 Å². The number of nitrogens with zero attached hydrogens (tertiary/aromatic N) is 6. The normalized spacial score (nSPS) is 13.2. The summed E-state index contributed by atoms with van der Waals surface area (Å²) in [5, 5.41) is 4.72. The Morgan fingerprint density at radius 2 is 1.86 bits per heavy atom. The molecule has 0 unspecified atom stereocenters. The molecule has 1 aromatic carbocycles. The van der Waals surface area contributed by atoms with Crippen LogP contribution in [0.15, 0.2) is 67.3 Å². The summed E-state index contributed by atoms with van der Waals surface area (Å²) in [6, 6.07) is 12.7. The number of fused-ring (bicyclic) bond motifs is 1. The van der Waals surface area contributed by atoms with Gasteiger partial charge in [0, 0.05) is 29.4 Å². The maximum absolute atomic E-state index is 13.5. The van der Waals surface area contributed by atoms with E-state index in [-0.39, 0.29) is 11.4 Å². The van der Waals surface area contributed by atoms with E-state index >= 15 is 0 Å². The molecule has 35 heavy (non-hydrogen) atoms. The molecule has 1 fully saturated rings. The van der Waals surface area contributed by atoms with Crippen molar-refractivity contribution in [2.45, 2.75) is 18.9 Å². The second-order valence-electron chi connectivity index (χ2n) is 8.18. The fraction of sp³-hybridized carbons (Fsp3) is 0.125. The number of nitrogens with one attached hydrogen (secondary N) is 2. The predicted octanol–water partition coefficient (Wildman–Crippen LogP) is 4.02. The Morgan fingerprint density at radius 3 is 2.63 bits per heavy atom. The van der Waals surface area contributed by atoms with Crippen LogP contribution in [0.5, 0.6) is 0 Å². The highest BCUT2D eigenvalue weighted by molar-refractivity contribution is 5.94. The SMILES string of the molecule is O=C(NNc1cn2nc(-c3c(-c4ccc(F)cc4)ncn3C3CC3)ccc2n1)c1ccnc(F)c1. The number of benzene rings is 1. The molecule has 4 aromatic heterocycles. The topological polar surface area (TPSA) is 102 Å². The van der Waals surface area contributed by atoms with Gasteiger partial charge < -0.3 is 4.57 Å². The lowest BCUT2D eigenvalue weighted by Crippen LogP contribution is -2.29. The molecule has 9 nitrogen and oxygen atoms in total. The summed E-state index contributed by atoms with van der Waals surface area (Å²) in [7, 11) is 0. The second kappa shape index (κ2) is 8.28. The number of hydrazine groups is 1. The fourth-order valence-electron chi connectivity index (χ4n) is 3.87. The average Bonchev–Trinajstić information content (AvgIpc) is 3.48.